The van der Waals surface area contributed by atoms with E-state index < -0.39 is 0 Å². The van der Waals surface area contributed by atoms with Gasteiger partial charge in [-0.1, -0.05) is 29.8 Å². The van der Waals surface area contributed by atoms with Crippen molar-refractivity contribution >= 4 is 11.6 Å². The molecule has 21 heavy (non-hydrogen) atoms. The minimum atomic E-state index is 0.140. The Morgan fingerprint density at radius 2 is 1.76 bits per heavy atom. The Labute approximate surface area is 130 Å². The van der Waals surface area contributed by atoms with Gasteiger partial charge in [0.1, 0.15) is 18.1 Å². The predicted octanol–water partition coefficient (Wildman–Crippen LogP) is 4.21. The van der Waals surface area contributed by atoms with Gasteiger partial charge in [0.25, 0.3) is 0 Å². The molecule has 0 amide bonds. The molecule has 1 N–H and O–H groups in total. The zero-order valence-corrected chi connectivity index (χ0v) is 13.3. The van der Waals surface area contributed by atoms with Gasteiger partial charge in [0.05, 0.1) is 12.7 Å². The van der Waals surface area contributed by atoms with Crippen LogP contribution in [-0.4, -0.2) is 14.2 Å². The number of nitrogens with one attached hydrogen (secondary N) is 1. The molecule has 2 aromatic carbocycles. The van der Waals surface area contributed by atoms with Gasteiger partial charge in [-0.15, -0.1) is 0 Å². The molecule has 0 radical (unpaired) electrons. The molecule has 0 bridgehead atoms. The van der Waals surface area contributed by atoms with E-state index in [1.807, 2.05) is 49.5 Å². The minimum absolute atomic E-state index is 0.140. The second-order valence-corrected chi connectivity index (χ2v) is 5.23. The van der Waals surface area contributed by atoms with Crippen molar-refractivity contribution in [1.29, 1.82) is 0 Å². The second-order valence-electron chi connectivity index (χ2n) is 4.80. The summed E-state index contributed by atoms with van der Waals surface area (Å²) in [6.07, 6.45) is 0. The van der Waals surface area contributed by atoms with Crippen molar-refractivity contribution in [2.45, 2.75) is 19.6 Å². The molecule has 0 aliphatic heterocycles. The smallest absolute Gasteiger partial charge is 0.128 e. The highest BCUT2D eigenvalue weighted by Gasteiger charge is 2.16. The monoisotopic (exact) mass is 305 g/mol. The van der Waals surface area contributed by atoms with Crippen molar-refractivity contribution < 1.29 is 9.47 Å². The maximum absolute atomic E-state index is 5.97. The fraction of sp³-hybridized carbons (Fsp3) is 0.294. The Kier molecular flexibility index (Phi) is 5.48. The minimum Gasteiger partial charge on any atom is -0.496 e. The molecule has 2 rings (SSSR count). The van der Waals surface area contributed by atoms with Crippen LogP contribution in [0.5, 0.6) is 11.5 Å². The van der Waals surface area contributed by atoms with Gasteiger partial charge in [0.15, 0.2) is 0 Å². The average Bonchev–Trinajstić information content (AvgIpc) is 2.53. The summed E-state index contributed by atoms with van der Waals surface area (Å²) in [5.74, 6) is 1.65. The van der Waals surface area contributed by atoms with Crippen LogP contribution in [0.1, 0.15) is 24.1 Å². The summed E-state index contributed by atoms with van der Waals surface area (Å²) in [4.78, 5) is 0. The molecule has 1 atom stereocenters. The van der Waals surface area contributed by atoms with Crippen LogP contribution in [0.4, 0.5) is 0 Å². The van der Waals surface area contributed by atoms with Gasteiger partial charge in [-0.3, -0.25) is 0 Å². The molecular formula is C17H20ClNO2. The van der Waals surface area contributed by atoms with Gasteiger partial charge >= 0.3 is 0 Å². The Morgan fingerprint density at radius 3 is 2.38 bits per heavy atom. The van der Waals surface area contributed by atoms with E-state index in [2.05, 4.69) is 12.2 Å². The van der Waals surface area contributed by atoms with Crippen LogP contribution in [0.2, 0.25) is 5.02 Å². The molecule has 0 saturated heterocycles. The Balaban J connectivity index is 2.21. The quantitative estimate of drug-likeness (QED) is 0.867. The lowest BCUT2D eigenvalue weighted by Crippen LogP contribution is -2.15. The normalized spacial score (nSPS) is 12.0. The Hall–Kier alpha value is -1.71. The zero-order valence-electron chi connectivity index (χ0n) is 12.5. The summed E-state index contributed by atoms with van der Waals surface area (Å²) >= 11 is 5.89. The molecule has 0 heterocycles. The Morgan fingerprint density at radius 1 is 1.10 bits per heavy atom. The SMILES string of the molecule is CNC(C)c1c(OC)cccc1OCc1ccc(Cl)cc1. The highest BCUT2D eigenvalue weighted by molar-refractivity contribution is 6.30. The fourth-order valence-electron chi connectivity index (χ4n) is 2.14. The van der Waals surface area contributed by atoms with Crippen LogP contribution in [0.15, 0.2) is 42.5 Å². The number of methoxy groups -OCH3 is 1. The van der Waals surface area contributed by atoms with Crippen molar-refractivity contribution in [3.63, 3.8) is 0 Å². The van der Waals surface area contributed by atoms with Crippen molar-refractivity contribution in [3.05, 3.63) is 58.6 Å². The molecule has 3 nitrogen and oxygen atoms in total. The lowest BCUT2D eigenvalue weighted by atomic mass is 10.1. The lowest BCUT2D eigenvalue weighted by Gasteiger charge is -2.19. The van der Waals surface area contributed by atoms with Gasteiger partial charge in [0, 0.05) is 11.1 Å². The highest BCUT2D eigenvalue weighted by atomic mass is 35.5. The molecule has 2 aromatic rings. The van der Waals surface area contributed by atoms with Crippen molar-refractivity contribution in [3.8, 4) is 11.5 Å². The maximum atomic E-state index is 5.97. The summed E-state index contributed by atoms with van der Waals surface area (Å²) in [7, 11) is 3.59. The second kappa shape index (κ2) is 7.34. The first-order valence-electron chi connectivity index (χ1n) is 6.87. The molecular weight excluding hydrogens is 286 g/mol. The molecule has 0 fully saturated rings. The largest absolute Gasteiger partial charge is 0.496 e. The number of halogens is 1. The Bertz CT molecular complexity index is 584. The molecule has 0 aromatic heterocycles. The highest BCUT2D eigenvalue weighted by Crippen LogP contribution is 2.34. The van der Waals surface area contributed by atoms with Crippen LogP contribution in [0, 0.1) is 0 Å². The van der Waals surface area contributed by atoms with E-state index >= 15 is 0 Å². The van der Waals surface area contributed by atoms with E-state index in [0.29, 0.717) is 6.61 Å². The number of rotatable bonds is 6. The molecule has 4 heteroatoms. The molecule has 0 spiro atoms. The standard InChI is InChI=1S/C17H20ClNO2/c1-12(19-2)17-15(20-3)5-4-6-16(17)21-11-13-7-9-14(18)10-8-13/h4-10,12,19H,11H2,1-3H3. The van der Waals surface area contributed by atoms with Crippen LogP contribution in [0.25, 0.3) is 0 Å². The van der Waals surface area contributed by atoms with Crippen LogP contribution < -0.4 is 14.8 Å². The van der Waals surface area contributed by atoms with Gasteiger partial charge in [-0.05, 0) is 43.8 Å². The summed E-state index contributed by atoms with van der Waals surface area (Å²) in [5, 5.41) is 3.95. The molecule has 1 unspecified atom stereocenters. The zero-order chi connectivity index (χ0) is 15.2. The fourth-order valence-corrected chi connectivity index (χ4v) is 2.27. The van der Waals surface area contributed by atoms with Crippen LogP contribution in [0.3, 0.4) is 0 Å². The van der Waals surface area contributed by atoms with Gasteiger partial charge in [0.2, 0.25) is 0 Å². The topological polar surface area (TPSA) is 30.5 Å². The first-order chi connectivity index (χ1) is 10.2. The third-order valence-electron chi connectivity index (χ3n) is 3.42. The summed E-state index contributed by atoms with van der Waals surface area (Å²) in [6.45, 7) is 2.57. The van der Waals surface area contributed by atoms with Crippen molar-refractivity contribution in [2.24, 2.45) is 0 Å². The third kappa shape index (κ3) is 3.90. The average molecular weight is 306 g/mol. The number of benzene rings is 2. The van der Waals surface area contributed by atoms with Crippen LogP contribution >= 0.6 is 11.6 Å². The van der Waals surface area contributed by atoms with Gasteiger partial charge in [-0.2, -0.15) is 0 Å². The summed E-state index contributed by atoms with van der Waals surface area (Å²) < 4.78 is 11.4. The van der Waals surface area contributed by atoms with Crippen molar-refractivity contribution in [2.75, 3.05) is 14.2 Å². The van der Waals surface area contributed by atoms with Gasteiger partial charge in [-0.25, -0.2) is 0 Å². The molecule has 0 aliphatic rings. The number of ether oxygens (including phenoxy) is 2. The molecule has 112 valence electrons. The van der Waals surface area contributed by atoms with Gasteiger partial charge < -0.3 is 14.8 Å². The number of hydrogen-bond donors (Lipinski definition) is 1. The van der Waals surface area contributed by atoms with E-state index in [4.69, 9.17) is 21.1 Å². The van der Waals surface area contributed by atoms with E-state index in [1.54, 1.807) is 7.11 Å². The predicted molar refractivity (Wildman–Crippen MR) is 86.3 cm³/mol. The first-order valence-corrected chi connectivity index (χ1v) is 7.25. The third-order valence-corrected chi connectivity index (χ3v) is 3.67. The first kappa shape index (κ1) is 15.7. The van der Waals surface area contributed by atoms with E-state index in [-0.39, 0.29) is 6.04 Å². The van der Waals surface area contributed by atoms with Crippen molar-refractivity contribution in [1.82, 2.24) is 5.32 Å². The number of hydrogen-bond acceptors (Lipinski definition) is 3. The van der Waals surface area contributed by atoms with E-state index in [1.165, 1.54) is 0 Å². The molecule has 0 aliphatic carbocycles. The lowest BCUT2D eigenvalue weighted by molar-refractivity contribution is 0.296. The summed E-state index contributed by atoms with van der Waals surface area (Å²) in [6, 6.07) is 13.6. The molecule has 0 saturated carbocycles. The summed E-state index contributed by atoms with van der Waals surface area (Å²) in [5.41, 5.74) is 2.10. The van der Waals surface area contributed by atoms with E-state index in [0.717, 1.165) is 27.6 Å². The van der Waals surface area contributed by atoms with E-state index in [9.17, 15) is 0 Å². The maximum Gasteiger partial charge on any atom is 0.128 e. The van der Waals surface area contributed by atoms with Crippen LogP contribution in [-0.2, 0) is 6.61 Å².